The molecule has 4 aromatic rings. The predicted molar refractivity (Wildman–Crippen MR) is 161 cm³/mol. The number of morpholine rings is 2. The standard InChI is InChI=1S/C31H39N5O7/c1-38-26-19-24-22(17-28(26)42-11-3-5-34-7-13-40-14-8-34)21-36-30(32-24)23-18-29(27(39-2)20-25(23)33-31(36)37)43-12-4-6-35-9-15-41-16-10-35/h17-21H,3-16H2,1-2H3/p+1. The zero-order valence-corrected chi connectivity index (χ0v) is 24.9. The van der Waals surface area contributed by atoms with E-state index in [1.165, 1.54) is 4.40 Å². The Morgan fingerprint density at radius 1 is 0.814 bits per heavy atom. The number of hydrogen-bond donors (Lipinski definition) is 1. The molecule has 12 nitrogen and oxygen atoms in total. The Kier molecular flexibility index (Phi) is 9.37. The minimum atomic E-state index is -0.304. The molecule has 2 aliphatic heterocycles. The van der Waals surface area contributed by atoms with E-state index in [9.17, 15) is 4.79 Å². The molecule has 0 atom stereocenters. The van der Waals surface area contributed by atoms with E-state index in [1.54, 1.807) is 26.5 Å². The van der Waals surface area contributed by atoms with Crippen molar-refractivity contribution in [2.24, 2.45) is 0 Å². The van der Waals surface area contributed by atoms with E-state index in [1.807, 2.05) is 18.2 Å². The van der Waals surface area contributed by atoms with Crippen molar-refractivity contribution in [3.8, 4) is 23.0 Å². The van der Waals surface area contributed by atoms with Crippen LogP contribution in [0.1, 0.15) is 12.8 Å². The average Bonchev–Trinajstić information content (AvgIpc) is 3.05. The highest BCUT2D eigenvalue weighted by atomic mass is 16.5. The van der Waals surface area contributed by atoms with E-state index in [0.717, 1.165) is 89.3 Å². The molecule has 0 saturated carbocycles. The maximum absolute atomic E-state index is 13.2. The van der Waals surface area contributed by atoms with E-state index < -0.39 is 0 Å². The Hall–Kier alpha value is -3.71. The second kappa shape index (κ2) is 13.7. The van der Waals surface area contributed by atoms with Gasteiger partial charge in [-0.3, -0.25) is 9.80 Å². The van der Waals surface area contributed by atoms with Crippen molar-refractivity contribution in [1.82, 2.24) is 19.8 Å². The van der Waals surface area contributed by atoms with Crippen molar-refractivity contribution in [2.45, 2.75) is 12.8 Å². The molecule has 2 aliphatic rings. The van der Waals surface area contributed by atoms with E-state index in [0.29, 0.717) is 52.9 Å². The van der Waals surface area contributed by atoms with Gasteiger partial charge >= 0.3 is 5.69 Å². The lowest BCUT2D eigenvalue weighted by Gasteiger charge is -2.26. The molecule has 0 aliphatic carbocycles. The molecular formula is C31H40N5O7+. The highest BCUT2D eigenvalue weighted by molar-refractivity contribution is 5.93. The molecule has 2 aromatic carbocycles. The fourth-order valence-corrected chi connectivity index (χ4v) is 5.64. The molecule has 6 rings (SSSR count). The van der Waals surface area contributed by atoms with Crippen molar-refractivity contribution >= 4 is 27.5 Å². The molecule has 2 aromatic heterocycles. The zero-order chi connectivity index (χ0) is 29.6. The van der Waals surface area contributed by atoms with E-state index in [4.69, 9.17) is 33.4 Å². The number of rotatable bonds is 12. The number of fused-ring (bicyclic) bond motifs is 4. The molecule has 0 amide bonds. The average molecular weight is 595 g/mol. The Morgan fingerprint density at radius 3 is 2.00 bits per heavy atom. The molecule has 1 N–H and O–H groups in total. The summed E-state index contributed by atoms with van der Waals surface area (Å²) in [5, 5.41) is 1.51. The summed E-state index contributed by atoms with van der Waals surface area (Å²) in [6.45, 7) is 9.90. The molecule has 0 spiro atoms. The minimum absolute atomic E-state index is 0.304. The van der Waals surface area contributed by atoms with Gasteiger partial charge in [0.1, 0.15) is 5.52 Å². The molecule has 0 bridgehead atoms. The van der Waals surface area contributed by atoms with Crippen LogP contribution in [0.3, 0.4) is 0 Å². The third-order valence-corrected chi connectivity index (χ3v) is 8.00. The first-order valence-electron chi connectivity index (χ1n) is 15.0. The summed E-state index contributed by atoms with van der Waals surface area (Å²) < 4.78 is 35.9. The van der Waals surface area contributed by atoms with Crippen LogP contribution in [0, 0.1) is 0 Å². The largest absolute Gasteiger partial charge is 0.493 e. The zero-order valence-electron chi connectivity index (χ0n) is 24.9. The number of nitrogens with one attached hydrogen (secondary N) is 1. The smallest absolute Gasteiger partial charge is 0.445 e. The van der Waals surface area contributed by atoms with Gasteiger partial charge in [-0.15, -0.1) is 4.98 Å². The summed E-state index contributed by atoms with van der Waals surface area (Å²) in [7, 11) is 3.21. The SMILES string of the molecule is COc1cc2nc3c4cc(OCCCN5CCOCC5)c(OC)cc4[nH]c(=O)[n+]3cc2cc1OCCCN1CCOCC1. The summed E-state index contributed by atoms with van der Waals surface area (Å²) in [4.78, 5) is 25.8. The number of nitrogens with zero attached hydrogens (tertiary/aromatic N) is 4. The number of methoxy groups -OCH3 is 2. The second-order valence-electron chi connectivity index (χ2n) is 10.8. The number of H-pyrrole nitrogens is 1. The van der Waals surface area contributed by atoms with Gasteiger partial charge in [0, 0.05) is 57.5 Å². The van der Waals surface area contributed by atoms with Crippen LogP contribution in [0.25, 0.3) is 27.5 Å². The fraction of sp³-hybridized carbons (Fsp3) is 0.516. The normalized spacial score (nSPS) is 16.6. The molecule has 230 valence electrons. The summed E-state index contributed by atoms with van der Waals surface area (Å²) in [5.74, 6) is 2.37. The van der Waals surface area contributed by atoms with Gasteiger partial charge in [0.25, 0.3) is 5.65 Å². The number of hydrogen-bond acceptors (Lipinski definition) is 10. The Labute approximate surface area is 250 Å². The molecule has 2 fully saturated rings. The first kappa shape index (κ1) is 29.4. The van der Waals surface area contributed by atoms with Crippen LogP contribution in [-0.4, -0.2) is 113 Å². The maximum atomic E-state index is 13.2. The lowest BCUT2D eigenvalue weighted by Crippen LogP contribution is -2.43. The Bertz CT molecular complexity index is 1620. The van der Waals surface area contributed by atoms with Crippen molar-refractivity contribution in [1.29, 1.82) is 0 Å². The molecule has 43 heavy (non-hydrogen) atoms. The predicted octanol–water partition coefficient (Wildman–Crippen LogP) is 2.03. The highest BCUT2D eigenvalue weighted by Gasteiger charge is 2.20. The summed E-state index contributed by atoms with van der Waals surface area (Å²) in [6, 6.07) is 7.40. The molecule has 2 saturated heterocycles. The molecule has 0 unspecified atom stereocenters. The van der Waals surface area contributed by atoms with Gasteiger partial charge in [-0.1, -0.05) is 0 Å². The van der Waals surface area contributed by atoms with E-state index in [-0.39, 0.29) is 5.69 Å². The number of ether oxygens (including phenoxy) is 6. The quantitative estimate of drug-likeness (QED) is 0.113. The van der Waals surface area contributed by atoms with Crippen molar-refractivity contribution < 1.29 is 32.8 Å². The van der Waals surface area contributed by atoms with Crippen LogP contribution in [-0.2, 0) is 9.47 Å². The molecule has 12 heteroatoms. The van der Waals surface area contributed by atoms with Gasteiger partial charge in [0.05, 0.1) is 70.8 Å². The van der Waals surface area contributed by atoms with E-state index in [2.05, 4.69) is 14.8 Å². The second-order valence-corrected chi connectivity index (χ2v) is 10.8. The third kappa shape index (κ3) is 6.77. The number of aromatic nitrogens is 3. The van der Waals surface area contributed by atoms with Gasteiger partial charge in [-0.2, -0.15) is 4.40 Å². The topological polar surface area (TPSA) is 112 Å². The van der Waals surface area contributed by atoms with Crippen LogP contribution < -0.4 is 29.0 Å². The lowest BCUT2D eigenvalue weighted by molar-refractivity contribution is -0.532. The highest BCUT2D eigenvalue weighted by Crippen LogP contribution is 2.34. The first-order valence-corrected chi connectivity index (χ1v) is 15.0. The number of benzene rings is 2. The van der Waals surface area contributed by atoms with Crippen molar-refractivity contribution in [3.63, 3.8) is 0 Å². The van der Waals surface area contributed by atoms with Gasteiger partial charge in [-0.05, 0) is 18.9 Å². The molecule has 0 radical (unpaired) electrons. The van der Waals surface area contributed by atoms with Gasteiger partial charge in [-0.25, -0.2) is 9.78 Å². The van der Waals surface area contributed by atoms with Crippen molar-refractivity contribution in [3.05, 3.63) is 40.9 Å². The Morgan fingerprint density at radius 2 is 1.40 bits per heavy atom. The van der Waals surface area contributed by atoms with Crippen LogP contribution >= 0.6 is 0 Å². The molecule has 4 heterocycles. The van der Waals surface area contributed by atoms with E-state index >= 15 is 0 Å². The number of aromatic amines is 1. The summed E-state index contributed by atoms with van der Waals surface area (Å²) in [6.07, 6.45) is 3.55. The third-order valence-electron chi connectivity index (χ3n) is 8.00. The van der Waals surface area contributed by atoms with Crippen LogP contribution in [0.5, 0.6) is 23.0 Å². The molecular weight excluding hydrogens is 554 g/mol. The minimum Gasteiger partial charge on any atom is -0.493 e. The van der Waals surface area contributed by atoms with Crippen LogP contribution in [0.4, 0.5) is 0 Å². The summed E-state index contributed by atoms with van der Waals surface area (Å²) in [5.41, 5.74) is 1.50. The Balaban J connectivity index is 1.24. The van der Waals surface area contributed by atoms with Gasteiger partial charge in [0.15, 0.2) is 28.5 Å². The first-order chi connectivity index (χ1) is 21.1. The van der Waals surface area contributed by atoms with Crippen LogP contribution in [0.15, 0.2) is 35.3 Å². The van der Waals surface area contributed by atoms with Gasteiger partial charge < -0.3 is 28.4 Å². The van der Waals surface area contributed by atoms with Gasteiger partial charge in [0.2, 0.25) is 0 Å². The fourth-order valence-electron chi connectivity index (χ4n) is 5.64. The van der Waals surface area contributed by atoms with Crippen LogP contribution in [0.2, 0.25) is 0 Å². The monoisotopic (exact) mass is 594 g/mol. The lowest BCUT2D eigenvalue weighted by atomic mass is 10.2. The summed E-state index contributed by atoms with van der Waals surface area (Å²) >= 11 is 0. The van der Waals surface area contributed by atoms with Crippen molar-refractivity contribution in [2.75, 3.05) is 93.1 Å². The maximum Gasteiger partial charge on any atom is 0.445 e.